The van der Waals surface area contributed by atoms with Crippen LogP contribution >= 0.6 is 15.2 Å². The van der Waals surface area contributed by atoms with E-state index in [0.29, 0.717) is 0 Å². The van der Waals surface area contributed by atoms with Crippen LogP contribution in [-0.4, -0.2) is 37.5 Å². The number of primary amides is 1. The van der Waals surface area contributed by atoms with Gasteiger partial charge in [-0.05, 0) is 0 Å². The molecule has 11 heteroatoms. The fraction of sp³-hybridized carbons (Fsp3) is 0.667. The van der Waals surface area contributed by atoms with E-state index in [1.54, 1.807) is 5.32 Å². The lowest BCUT2D eigenvalue weighted by Gasteiger charge is -2.18. The van der Waals surface area contributed by atoms with Gasteiger partial charge in [0.1, 0.15) is 5.78 Å². The zero-order valence-electron chi connectivity index (χ0n) is 6.77. The SMILES string of the molecule is NC(=O)NC(CP(=O)(O)O)P(=O)(O)O. The van der Waals surface area contributed by atoms with Crippen LogP contribution in [-0.2, 0) is 9.13 Å². The summed E-state index contributed by atoms with van der Waals surface area (Å²) in [6, 6.07) is -1.27. The third-order valence-corrected chi connectivity index (χ3v) is 3.38. The number of rotatable bonds is 4. The highest BCUT2D eigenvalue weighted by Gasteiger charge is 2.35. The summed E-state index contributed by atoms with van der Waals surface area (Å²) >= 11 is 0. The van der Waals surface area contributed by atoms with Crippen molar-refractivity contribution >= 4 is 21.2 Å². The Balaban J connectivity index is 4.67. The van der Waals surface area contributed by atoms with E-state index in [4.69, 9.17) is 19.6 Å². The molecule has 0 aromatic carbocycles. The molecular formula is C3H10N2O7P2. The molecule has 0 aromatic heterocycles. The van der Waals surface area contributed by atoms with Gasteiger partial charge in [0.2, 0.25) is 0 Å². The molecule has 0 fully saturated rings. The minimum atomic E-state index is -4.83. The summed E-state index contributed by atoms with van der Waals surface area (Å²) in [5, 5.41) is 1.56. The van der Waals surface area contributed by atoms with Gasteiger partial charge in [-0.25, -0.2) is 4.79 Å². The van der Waals surface area contributed by atoms with E-state index in [2.05, 4.69) is 5.73 Å². The van der Waals surface area contributed by atoms with Crippen LogP contribution < -0.4 is 11.1 Å². The molecule has 7 N–H and O–H groups in total. The third kappa shape index (κ3) is 6.09. The molecule has 0 spiro atoms. The van der Waals surface area contributed by atoms with E-state index < -0.39 is 33.2 Å². The van der Waals surface area contributed by atoms with Crippen molar-refractivity contribution in [1.29, 1.82) is 0 Å². The molecule has 0 aromatic rings. The van der Waals surface area contributed by atoms with E-state index in [1.165, 1.54) is 0 Å². The topological polar surface area (TPSA) is 170 Å². The minimum Gasteiger partial charge on any atom is -0.352 e. The lowest BCUT2D eigenvalue weighted by molar-refractivity contribution is 0.245. The highest BCUT2D eigenvalue weighted by Crippen LogP contribution is 2.47. The summed E-state index contributed by atoms with van der Waals surface area (Å²) in [6.45, 7) is 0. The maximum absolute atomic E-state index is 10.6. The van der Waals surface area contributed by atoms with Crippen LogP contribution in [0.3, 0.4) is 0 Å². The molecule has 0 saturated heterocycles. The summed E-state index contributed by atoms with van der Waals surface area (Å²) < 4.78 is 21.1. The normalized spacial score (nSPS) is 14.9. The van der Waals surface area contributed by atoms with Gasteiger partial charge in [0, 0.05) is 0 Å². The Morgan fingerprint density at radius 3 is 1.93 bits per heavy atom. The Morgan fingerprint density at radius 1 is 1.29 bits per heavy atom. The van der Waals surface area contributed by atoms with E-state index >= 15 is 0 Å². The zero-order valence-corrected chi connectivity index (χ0v) is 8.56. The average Bonchev–Trinajstić information content (AvgIpc) is 1.78. The standard InChI is InChI=1S/C3H10N2O7P2/c4-3(6)5-2(14(10,11)12)1-13(7,8)9/h2H,1H2,(H3,4,5,6)(H2,7,8,9)(H2,10,11,12). The number of nitrogens with one attached hydrogen (secondary N) is 1. The minimum absolute atomic E-state index is 1.17. The molecule has 2 amide bonds. The number of urea groups is 1. The Morgan fingerprint density at radius 2 is 1.71 bits per heavy atom. The largest absolute Gasteiger partial charge is 0.352 e. The first-order valence-corrected chi connectivity index (χ1v) is 6.66. The summed E-state index contributed by atoms with van der Waals surface area (Å²) in [5.41, 5.74) is 4.56. The van der Waals surface area contributed by atoms with Crippen molar-refractivity contribution in [3.05, 3.63) is 0 Å². The van der Waals surface area contributed by atoms with Crippen molar-refractivity contribution in [2.75, 3.05) is 6.16 Å². The lowest BCUT2D eigenvalue weighted by atomic mass is 10.7. The smallest absolute Gasteiger partial charge is 0.348 e. The Hall–Kier alpha value is -0.430. The quantitative estimate of drug-likeness (QED) is 0.323. The first-order chi connectivity index (χ1) is 6.02. The van der Waals surface area contributed by atoms with Crippen LogP contribution in [0.5, 0.6) is 0 Å². The molecule has 0 rings (SSSR count). The van der Waals surface area contributed by atoms with Crippen molar-refractivity contribution in [1.82, 2.24) is 5.32 Å². The molecule has 0 aliphatic heterocycles. The molecule has 0 heterocycles. The predicted molar refractivity (Wildman–Crippen MR) is 45.5 cm³/mol. The van der Waals surface area contributed by atoms with Gasteiger partial charge in [0.25, 0.3) is 0 Å². The van der Waals surface area contributed by atoms with Crippen molar-refractivity contribution in [2.45, 2.75) is 5.78 Å². The molecule has 0 aliphatic rings. The molecular weight excluding hydrogens is 238 g/mol. The summed E-state index contributed by atoms with van der Waals surface area (Å²) in [4.78, 5) is 44.3. The summed E-state index contributed by atoms with van der Waals surface area (Å²) in [6.07, 6.45) is -1.17. The molecule has 1 unspecified atom stereocenters. The van der Waals surface area contributed by atoms with Gasteiger partial charge >= 0.3 is 21.2 Å². The van der Waals surface area contributed by atoms with Crippen molar-refractivity contribution in [3.63, 3.8) is 0 Å². The van der Waals surface area contributed by atoms with Crippen LogP contribution in [0.15, 0.2) is 0 Å². The highest BCUT2D eigenvalue weighted by molar-refractivity contribution is 7.56. The Bertz CT molecular complexity index is 304. The molecule has 0 bridgehead atoms. The fourth-order valence-corrected chi connectivity index (χ4v) is 2.95. The second-order valence-corrected chi connectivity index (χ2v) is 5.96. The monoisotopic (exact) mass is 248 g/mol. The average molecular weight is 248 g/mol. The number of hydrogen-bond acceptors (Lipinski definition) is 3. The van der Waals surface area contributed by atoms with Crippen molar-refractivity contribution in [2.24, 2.45) is 5.73 Å². The molecule has 1 atom stereocenters. The number of hydrogen-bond donors (Lipinski definition) is 6. The van der Waals surface area contributed by atoms with Crippen LogP contribution in [0.2, 0.25) is 0 Å². The molecule has 0 saturated carbocycles. The first-order valence-electron chi connectivity index (χ1n) is 3.18. The van der Waals surface area contributed by atoms with Crippen molar-refractivity contribution in [3.8, 4) is 0 Å². The van der Waals surface area contributed by atoms with E-state index in [-0.39, 0.29) is 0 Å². The molecule has 14 heavy (non-hydrogen) atoms. The van der Waals surface area contributed by atoms with E-state index in [0.717, 1.165) is 0 Å². The van der Waals surface area contributed by atoms with E-state index in [1.807, 2.05) is 0 Å². The predicted octanol–water partition coefficient (Wildman–Crippen LogP) is -1.66. The van der Waals surface area contributed by atoms with E-state index in [9.17, 15) is 13.9 Å². The molecule has 0 radical (unpaired) electrons. The first kappa shape index (κ1) is 13.6. The second kappa shape index (κ2) is 4.39. The zero-order chi connectivity index (χ0) is 11.6. The van der Waals surface area contributed by atoms with Crippen molar-refractivity contribution < 1.29 is 33.5 Å². The van der Waals surface area contributed by atoms with Gasteiger partial charge in [0.15, 0.2) is 0 Å². The summed E-state index contributed by atoms with van der Waals surface area (Å²) in [7, 11) is -9.47. The Labute approximate surface area is 78.6 Å². The Kier molecular flexibility index (Phi) is 4.26. The number of amides is 2. The third-order valence-electron chi connectivity index (χ3n) is 1.13. The van der Waals surface area contributed by atoms with Crippen LogP contribution in [0.25, 0.3) is 0 Å². The molecule has 0 aliphatic carbocycles. The van der Waals surface area contributed by atoms with Crippen LogP contribution in [0.4, 0.5) is 4.79 Å². The van der Waals surface area contributed by atoms with Gasteiger partial charge < -0.3 is 30.6 Å². The molecule has 84 valence electrons. The van der Waals surface area contributed by atoms with Gasteiger partial charge in [-0.1, -0.05) is 0 Å². The van der Waals surface area contributed by atoms with Gasteiger partial charge in [-0.2, -0.15) is 0 Å². The van der Waals surface area contributed by atoms with Gasteiger partial charge in [-0.15, -0.1) is 0 Å². The number of carbonyl (C=O) groups is 1. The summed E-state index contributed by atoms with van der Waals surface area (Å²) in [5.74, 6) is -1.97. The second-order valence-electron chi connectivity index (χ2n) is 2.46. The highest BCUT2D eigenvalue weighted by atomic mass is 31.2. The van der Waals surface area contributed by atoms with Gasteiger partial charge in [0.05, 0.1) is 6.16 Å². The lowest BCUT2D eigenvalue weighted by Crippen LogP contribution is -2.40. The van der Waals surface area contributed by atoms with Gasteiger partial charge in [-0.3, -0.25) is 9.13 Å². The molecule has 9 nitrogen and oxygen atoms in total. The fourth-order valence-electron chi connectivity index (χ4n) is 0.626. The maximum Gasteiger partial charge on any atom is 0.348 e. The van der Waals surface area contributed by atoms with Crippen LogP contribution in [0, 0.1) is 0 Å². The van der Waals surface area contributed by atoms with Crippen LogP contribution in [0.1, 0.15) is 0 Å². The number of carbonyl (C=O) groups excluding carboxylic acids is 1. The maximum atomic E-state index is 10.6. The number of nitrogens with two attached hydrogens (primary N) is 1.